The molecule has 68 valence electrons. The molecule has 0 aliphatic rings. The molecule has 0 bridgehead atoms. The Morgan fingerprint density at radius 1 is 1.42 bits per heavy atom. The number of hydrogen-bond donors (Lipinski definition) is 2. The molecule has 0 aromatic carbocycles. The van der Waals surface area contributed by atoms with E-state index in [2.05, 4.69) is 0 Å². The van der Waals surface area contributed by atoms with Crippen molar-refractivity contribution in [1.82, 2.24) is 0 Å². The fourth-order valence-electron chi connectivity index (χ4n) is 0.542. The highest BCUT2D eigenvalue weighted by Gasteiger charge is 2.34. The van der Waals surface area contributed by atoms with E-state index in [1.54, 1.807) is 0 Å². The van der Waals surface area contributed by atoms with Gasteiger partial charge in [0.05, 0.1) is 0 Å². The fourth-order valence-corrected chi connectivity index (χ4v) is 0.823. The summed E-state index contributed by atoms with van der Waals surface area (Å²) in [4.78, 5) is 20.6. The van der Waals surface area contributed by atoms with Crippen LogP contribution in [0.2, 0.25) is 0 Å². The predicted octanol–water partition coefficient (Wildman–Crippen LogP) is 0.986. The van der Waals surface area contributed by atoms with Gasteiger partial charge in [-0.1, -0.05) is 0 Å². The third-order valence-electron chi connectivity index (χ3n) is 1.49. The van der Waals surface area contributed by atoms with Gasteiger partial charge in [-0.05, 0) is 13.3 Å². The molecular formula is C6H9O5P. The summed E-state index contributed by atoms with van der Waals surface area (Å²) in [5, 5.41) is 15.3. The van der Waals surface area contributed by atoms with Crippen LogP contribution in [0.25, 0.3) is 0 Å². The molecular weight excluding hydrogens is 183 g/mol. The number of rotatable bonds is 5. The van der Waals surface area contributed by atoms with Crippen LogP contribution in [0.4, 0.5) is 0 Å². The predicted molar refractivity (Wildman–Crippen MR) is 40.5 cm³/mol. The van der Waals surface area contributed by atoms with Crippen LogP contribution in [0.15, 0.2) is 0 Å². The molecule has 0 rings (SSSR count). The van der Waals surface area contributed by atoms with Crippen molar-refractivity contribution in [3.05, 3.63) is 0 Å². The average molecular weight is 192 g/mol. The smallest absolute Gasteiger partial charge is 0.321 e. The maximum atomic E-state index is 10.5. The highest BCUT2D eigenvalue weighted by atomic mass is 31.1. The van der Waals surface area contributed by atoms with Crippen molar-refractivity contribution in [1.29, 1.82) is 0 Å². The summed E-state index contributed by atoms with van der Waals surface area (Å²) >= 11 is 0. The minimum absolute atomic E-state index is 0.136. The van der Waals surface area contributed by atoms with Gasteiger partial charge in [0.25, 0.3) is 0 Å². The fraction of sp³-hybridized carbons (Fsp3) is 0.667. The Bertz CT molecular complexity index is 214. The van der Waals surface area contributed by atoms with Gasteiger partial charge in [0, 0.05) is 6.42 Å². The molecule has 0 saturated heterocycles. The van der Waals surface area contributed by atoms with Crippen LogP contribution in [-0.2, 0) is 14.2 Å². The van der Waals surface area contributed by atoms with Crippen molar-refractivity contribution in [2.24, 2.45) is 0 Å². The number of carboxylic acid groups (broad SMARTS) is 2. The zero-order valence-corrected chi connectivity index (χ0v) is 7.38. The summed E-state index contributed by atoms with van der Waals surface area (Å²) in [6.45, 7) is 1.24. The van der Waals surface area contributed by atoms with Gasteiger partial charge in [0.1, 0.15) is 5.16 Å². The summed E-state index contributed by atoms with van der Waals surface area (Å²) < 4.78 is 10.4. The van der Waals surface area contributed by atoms with Crippen LogP contribution in [-0.4, -0.2) is 27.3 Å². The summed E-state index contributed by atoms with van der Waals surface area (Å²) in [6.07, 6.45) is -0.430. The van der Waals surface area contributed by atoms with Crippen LogP contribution in [0, 0.1) is 0 Å². The lowest BCUT2D eigenvalue weighted by molar-refractivity contribution is -0.140. The van der Waals surface area contributed by atoms with E-state index in [1.807, 2.05) is 0 Å². The van der Waals surface area contributed by atoms with Gasteiger partial charge >= 0.3 is 11.9 Å². The SMILES string of the molecule is CC(CCC(=O)O)(P=O)C(=O)O. The number of aliphatic carboxylic acids is 2. The lowest BCUT2D eigenvalue weighted by Gasteiger charge is -2.13. The van der Waals surface area contributed by atoms with E-state index in [1.165, 1.54) is 6.92 Å². The van der Waals surface area contributed by atoms with Crippen molar-refractivity contribution < 1.29 is 24.4 Å². The molecule has 0 aromatic rings. The molecule has 0 aromatic heterocycles. The van der Waals surface area contributed by atoms with Crippen LogP contribution >= 0.6 is 8.46 Å². The Kier molecular flexibility index (Phi) is 3.83. The lowest BCUT2D eigenvalue weighted by Crippen LogP contribution is -2.29. The second-order valence-corrected chi connectivity index (χ2v) is 3.73. The van der Waals surface area contributed by atoms with Gasteiger partial charge in [-0.15, -0.1) is 0 Å². The molecule has 2 N–H and O–H groups in total. The first-order chi connectivity index (χ1) is 5.42. The first kappa shape index (κ1) is 11.0. The highest BCUT2D eigenvalue weighted by Crippen LogP contribution is 2.28. The highest BCUT2D eigenvalue weighted by molar-refractivity contribution is 7.27. The molecule has 0 amide bonds. The number of hydrogen-bond acceptors (Lipinski definition) is 3. The zero-order chi connectivity index (χ0) is 9.78. The molecule has 5 nitrogen and oxygen atoms in total. The van der Waals surface area contributed by atoms with Gasteiger partial charge in [-0.2, -0.15) is 0 Å². The van der Waals surface area contributed by atoms with Crippen molar-refractivity contribution in [3.8, 4) is 0 Å². The van der Waals surface area contributed by atoms with E-state index in [9.17, 15) is 14.2 Å². The molecule has 1 atom stereocenters. The molecule has 0 aliphatic heterocycles. The van der Waals surface area contributed by atoms with E-state index < -0.39 is 25.6 Å². The molecule has 0 aliphatic carbocycles. The minimum atomic E-state index is -1.47. The van der Waals surface area contributed by atoms with E-state index >= 15 is 0 Å². The first-order valence-electron chi connectivity index (χ1n) is 3.22. The van der Waals surface area contributed by atoms with Crippen molar-refractivity contribution >= 4 is 20.4 Å². The topological polar surface area (TPSA) is 91.7 Å². The van der Waals surface area contributed by atoms with Gasteiger partial charge in [0.15, 0.2) is 8.46 Å². The van der Waals surface area contributed by atoms with E-state index in [-0.39, 0.29) is 12.8 Å². The Morgan fingerprint density at radius 2 is 1.92 bits per heavy atom. The summed E-state index contributed by atoms with van der Waals surface area (Å²) in [5.74, 6) is -2.34. The van der Waals surface area contributed by atoms with Crippen LogP contribution in [0.1, 0.15) is 19.8 Å². The van der Waals surface area contributed by atoms with E-state index in [4.69, 9.17) is 10.2 Å². The first-order valence-corrected chi connectivity index (χ1v) is 4.03. The third kappa shape index (κ3) is 2.96. The van der Waals surface area contributed by atoms with Crippen molar-refractivity contribution in [2.45, 2.75) is 24.9 Å². The Balaban J connectivity index is 4.25. The quantitative estimate of drug-likeness (QED) is 0.633. The minimum Gasteiger partial charge on any atom is -0.481 e. The normalized spacial score (nSPS) is 15.4. The second kappa shape index (κ2) is 4.16. The lowest BCUT2D eigenvalue weighted by atomic mass is 10.1. The Morgan fingerprint density at radius 3 is 2.17 bits per heavy atom. The Labute approximate surface area is 70.6 Å². The summed E-state index contributed by atoms with van der Waals surface area (Å²) in [6, 6.07) is 0. The largest absolute Gasteiger partial charge is 0.481 e. The standard InChI is InChI=1S/C6H9O5P/c1-6(12-11,5(9)10)3-2-4(7)8/h2-3H2,1H3,(H,7,8)(H,9,10). The van der Waals surface area contributed by atoms with Crippen LogP contribution < -0.4 is 0 Å². The maximum Gasteiger partial charge on any atom is 0.321 e. The Hall–Kier alpha value is -0.960. The van der Waals surface area contributed by atoms with Crippen molar-refractivity contribution in [3.63, 3.8) is 0 Å². The third-order valence-corrected chi connectivity index (χ3v) is 2.31. The number of carboxylic acids is 2. The van der Waals surface area contributed by atoms with E-state index in [0.29, 0.717) is 0 Å². The summed E-state index contributed by atoms with van der Waals surface area (Å²) in [5.41, 5.74) is 0. The zero-order valence-electron chi connectivity index (χ0n) is 6.48. The van der Waals surface area contributed by atoms with Gasteiger partial charge in [-0.25, -0.2) is 0 Å². The average Bonchev–Trinajstić information content (AvgIpc) is 1.99. The maximum absolute atomic E-state index is 10.5. The molecule has 1 unspecified atom stereocenters. The molecule has 12 heavy (non-hydrogen) atoms. The molecule has 0 fully saturated rings. The molecule has 6 heteroatoms. The molecule has 0 spiro atoms. The van der Waals surface area contributed by atoms with Crippen LogP contribution in [0.3, 0.4) is 0 Å². The van der Waals surface area contributed by atoms with Crippen LogP contribution in [0.5, 0.6) is 0 Å². The van der Waals surface area contributed by atoms with E-state index in [0.717, 1.165) is 0 Å². The number of carbonyl (C=O) groups is 2. The molecule has 0 saturated carbocycles. The van der Waals surface area contributed by atoms with Gasteiger partial charge in [-0.3, -0.25) is 14.2 Å². The van der Waals surface area contributed by atoms with Gasteiger partial charge in [0.2, 0.25) is 0 Å². The summed E-state index contributed by atoms with van der Waals surface area (Å²) in [7, 11) is -0.561. The monoisotopic (exact) mass is 192 g/mol. The van der Waals surface area contributed by atoms with Gasteiger partial charge < -0.3 is 10.2 Å². The van der Waals surface area contributed by atoms with Crippen molar-refractivity contribution in [2.75, 3.05) is 0 Å². The molecule has 0 heterocycles. The second-order valence-electron chi connectivity index (χ2n) is 2.56. The molecule has 0 radical (unpaired) electrons.